The Labute approximate surface area is 173 Å². The molecule has 1 aromatic heterocycles. The number of allylic oxidation sites excluding steroid dienone is 3. The maximum absolute atomic E-state index is 5.80. The normalized spacial score (nSPS) is 12.1. The summed E-state index contributed by atoms with van der Waals surface area (Å²) < 4.78 is 11.5. The molecule has 0 aliphatic heterocycles. The fourth-order valence-corrected chi connectivity index (χ4v) is 3.01. The summed E-state index contributed by atoms with van der Waals surface area (Å²) in [7, 11) is 0. The molecule has 0 radical (unpaired) electrons. The van der Waals surface area contributed by atoms with Crippen LogP contribution in [-0.4, -0.2) is 19.8 Å². The van der Waals surface area contributed by atoms with Gasteiger partial charge in [0.1, 0.15) is 12.4 Å². The van der Waals surface area contributed by atoms with Gasteiger partial charge in [-0.15, -0.1) is 0 Å². The first-order valence-corrected chi connectivity index (χ1v) is 10.5. The van der Waals surface area contributed by atoms with E-state index >= 15 is 0 Å². The van der Waals surface area contributed by atoms with Crippen molar-refractivity contribution in [1.82, 2.24) is 0 Å². The van der Waals surface area contributed by atoms with Crippen molar-refractivity contribution in [3.05, 3.63) is 64.9 Å². The molecular formula is C25H30O2S. The first kappa shape index (κ1) is 22.0. The summed E-state index contributed by atoms with van der Waals surface area (Å²) >= 11 is 1.70. The summed E-state index contributed by atoms with van der Waals surface area (Å²) in [5, 5.41) is 4.23. The molecule has 0 N–H and O–H groups in total. The van der Waals surface area contributed by atoms with Gasteiger partial charge in [0.15, 0.2) is 0 Å². The molecule has 3 heteroatoms. The lowest BCUT2D eigenvalue weighted by molar-refractivity contribution is 0.120. The first-order chi connectivity index (χ1) is 13.4. The molecule has 1 heterocycles. The second-order valence-electron chi connectivity index (χ2n) is 7.64. The highest BCUT2D eigenvalue weighted by atomic mass is 32.1. The molecule has 0 saturated heterocycles. The van der Waals surface area contributed by atoms with Gasteiger partial charge in [0, 0.05) is 5.41 Å². The molecule has 0 spiro atoms. The Hall–Kier alpha value is -2.28. The van der Waals surface area contributed by atoms with Crippen molar-refractivity contribution >= 4 is 11.3 Å². The average molecular weight is 395 g/mol. The molecule has 0 aliphatic carbocycles. The van der Waals surface area contributed by atoms with E-state index in [0.29, 0.717) is 19.8 Å². The van der Waals surface area contributed by atoms with E-state index in [2.05, 4.69) is 80.6 Å². The van der Waals surface area contributed by atoms with Crippen LogP contribution in [0.15, 0.2) is 64.9 Å². The average Bonchev–Trinajstić information content (AvgIpc) is 3.18. The summed E-state index contributed by atoms with van der Waals surface area (Å²) in [6.07, 6.45) is 7.03. The van der Waals surface area contributed by atoms with Gasteiger partial charge in [0.05, 0.1) is 13.2 Å². The molecule has 0 unspecified atom stereocenters. The summed E-state index contributed by atoms with van der Waals surface area (Å²) in [6.45, 7) is 10.2. The van der Waals surface area contributed by atoms with Crippen molar-refractivity contribution in [3.63, 3.8) is 0 Å². The van der Waals surface area contributed by atoms with Gasteiger partial charge >= 0.3 is 0 Å². The lowest BCUT2D eigenvalue weighted by Gasteiger charge is -2.08. The SMILES string of the molecule is C/C(=C/COCCOc1cccc(-c2ccsc2)c1)C/C=C/C#CC(C)(C)C. The molecule has 0 saturated carbocycles. The van der Waals surface area contributed by atoms with Crippen molar-refractivity contribution in [3.8, 4) is 28.7 Å². The largest absolute Gasteiger partial charge is 0.491 e. The van der Waals surface area contributed by atoms with E-state index in [-0.39, 0.29) is 5.41 Å². The lowest BCUT2D eigenvalue weighted by Crippen LogP contribution is -2.06. The minimum absolute atomic E-state index is 0.0519. The van der Waals surface area contributed by atoms with Gasteiger partial charge in [-0.25, -0.2) is 0 Å². The van der Waals surface area contributed by atoms with Crippen LogP contribution in [0, 0.1) is 17.3 Å². The molecule has 0 aliphatic rings. The third-order valence-corrected chi connectivity index (χ3v) is 4.51. The number of hydrogen-bond acceptors (Lipinski definition) is 3. The van der Waals surface area contributed by atoms with Crippen molar-refractivity contribution in [2.75, 3.05) is 19.8 Å². The molecule has 0 fully saturated rings. The molecule has 0 amide bonds. The molecule has 2 aromatic rings. The third-order valence-electron chi connectivity index (χ3n) is 3.82. The van der Waals surface area contributed by atoms with Crippen molar-refractivity contribution in [1.29, 1.82) is 0 Å². The number of benzene rings is 1. The second-order valence-corrected chi connectivity index (χ2v) is 8.42. The van der Waals surface area contributed by atoms with E-state index in [9.17, 15) is 0 Å². The smallest absolute Gasteiger partial charge is 0.120 e. The quantitative estimate of drug-likeness (QED) is 0.266. The van der Waals surface area contributed by atoms with Gasteiger partial charge < -0.3 is 9.47 Å². The monoisotopic (exact) mass is 394 g/mol. The zero-order chi connectivity index (χ0) is 20.2. The van der Waals surface area contributed by atoms with E-state index in [0.717, 1.165) is 12.2 Å². The topological polar surface area (TPSA) is 18.5 Å². The van der Waals surface area contributed by atoms with Crippen molar-refractivity contribution < 1.29 is 9.47 Å². The van der Waals surface area contributed by atoms with Crippen LogP contribution in [0.3, 0.4) is 0 Å². The van der Waals surface area contributed by atoms with Crippen LogP contribution in [0.4, 0.5) is 0 Å². The van der Waals surface area contributed by atoms with Gasteiger partial charge in [-0.1, -0.05) is 41.7 Å². The van der Waals surface area contributed by atoms with Gasteiger partial charge in [-0.05, 0) is 80.3 Å². The molecule has 0 bridgehead atoms. The Morgan fingerprint density at radius 3 is 2.75 bits per heavy atom. The fourth-order valence-electron chi connectivity index (χ4n) is 2.34. The van der Waals surface area contributed by atoms with E-state index in [1.807, 2.05) is 18.2 Å². The zero-order valence-electron chi connectivity index (χ0n) is 17.3. The highest BCUT2D eigenvalue weighted by Crippen LogP contribution is 2.25. The van der Waals surface area contributed by atoms with Crippen LogP contribution in [0.1, 0.15) is 34.1 Å². The predicted molar refractivity (Wildman–Crippen MR) is 121 cm³/mol. The highest BCUT2D eigenvalue weighted by Gasteiger charge is 2.02. The molecule has 28 heavy (non-hydrogen) atoms. The molecule has 2 nitrogen and oxygen atoms in total. The zero-order valence-corrected chi connectivity index (χ0v) is 18.1. The molecule has 1 aromatic carbocycles. The van der Waals surface area contributed by atoms with E-state index in [1.165, 1.54) is 16.7 Å². The maximum Gasteiger partial charge on any atom is 0.120 e. The van der Waals surface area contributed by atoms with Crippen molar-refractivity contribution in [2.24, 2.45) is 5.41 Å². The minimum atomic E-state index is 0.0519. The molecule has 0 atom stereocenters. The van der Waals surface area contributed by atoms with Crippen LogP contribution >= 0.6 is 11.3 Å². The number of thiophene rings is 1. The summed E-state index contributed by atoms with van der Waals surface area (Å²) in [5.74, 6) is 7.16. The summed E-state index contributed by atoms with van der Waals surface area (Å²) in [5.41, 5.74) is 3.73. The molecular weight excluding hydrogens is 364 g/mol. The van der Waals surface area contributed by atoms with Gasteiger partial charge in [-0.3, -0.25) is 0 Å². The van der Waals surface area contributed by atoms with Crippen LogP contribution in [-0.2, 0) is 4.74 Å². The number of hydrogen-bond donors (Lipinski definition) is 0. The minimum Gasteiger partial charge on any atom is -0.491 e. The van der Waals surface area contributed by atoms with Crippen LogP contribution < -0.4 is 4.74 Å². The van der Waals surface area contributed by atoms with Crippen LogP contribution in [0.2, 0.25) is 0 Å². The fraction of sp³-hybridized carbons (Fsp3) is 0.360. The molecule has 2 rings (SSSR count). The second kappa shape index (κ2) is 11.5. The predicted octanol–water partition coefficient (Wildman–Crippen LogP) is 6.75. The van der Waals surface area contributed by atoms with E-state index < -0.39 is 0 Å². The van der Waals surface area contributed by atoms with Gasteiger partial charge in [0.2, 0.25) is 0 Å². The Bertz CT molecular complexity index is 827. The van der Waals surface area contributed by atoms with E-state index in [1.54, 1.807) is 11.3 Å². The Morgan fingerprint density at radius 1 is 1.14 bits per heavy atom. The highest BCUT2D eigenvalue weighted by molar-refractivity contribution is 7.08. The first-order valence-electron chi connectivity index (χ1n) is 9.60. The Morgan fingerprint density at radius 2 is 2.00 bits per heavy atom. The number of rotatable bonds is 9. The van der Waals surface area contributed by atoms with Gasteiger partial charge in [-0.2, -0.15) is 11.3 Å². The Kier molecular flexibility index (Phi) is 9.07. The summed E-state index contributed by atoms with van der Waals surface area (Å²) in [4.78, 5) is 0. The van der Waals surface area contributed by atoms with E-state index in [4.69, 9.17) is 9.47 Å². The lowest BCUT2D eigenvalue weighted by atomic mass is 9.98. The number of ether oxygens (including phenoxy) is 2. The van der Waals surface area contributed by atoms with Crippen LogP contribution in [0.5, 0.6) is 5.75 Å². The Balaban J connectivity index is 1.63. The maximum atomic E-state index is 5.80. The van der Waals surface area contributed by atoms with Crippen LogP contribution in [0.25, 0.3) is 11.1 Å². The standard InChI is InChI=1S/C25H30O2S/c1-21(9-6-5-7-14-25(2,3)4)12-15-26-16-17-27-24-11-8-10-22(19-24)23-13-18-28-20-23/h5-6,8,10-13,18-20H,9,15-17H2,1-4H3/b6-5+,21-12-. The van der Waals surface area contributed by atoms with Gasteiger partial charge in [0.25, 0.3) is 0 Å². The van der Waals surface area contributed by atoms with Crippen molar-refractivity contribution in [2.45, 2.75) is 34.1 Å². The molecule has 148 valence electrons. The third kappa shape index (κ3) is 9.08. The summed E-state index contributed by atoms with van der Waals surface area (Å²) in [6, 6.07) is 10.3.